The van der Waals surface area contributed by atoms with E-state index in [2.05, 4.69) is 4.72 Å². The number of sulfonamides is 1. The molecule has 0 spiro atoms. The first-order valence-corrected chi connectivity index (χ1v) is 12.4. The third-order valence-electron chi connectivity index (χ3n) is 6.26. The molecule has 0 aromatic heterocycles. The minimum atomic E-state index is -4.31. The van der Waals surface area contributed by atoms with E-state index in [9.17, 15) is 27.9 Å². The topological polar surface area (TPSA) is 153 Å². The SMILES string of the molecule is Cc1c(N2CCCC2=O)cccc1S(=O)(=O)N[C@@H](C(N)=O)C(=O)N1CCN(C)C(CCO)C1. The van der Waals surface area contributed by atoms with E-state index in [-0.39, 0.29) is 30.0 Å². The van der Waals surface area contributed by atoms with Gasteiger partial charge in [0.25, 0.3) is 5.91 Å². The molecule has 12 heteroatoms. The number of anilines is 1. The first kappa shape index (κ1) is 25.1. The van der Waals surface area contributed by atoms with Gasteiger partial charge in [-0.05, 0) is 44.5 Å². The van der Waals surface area contributed by atoms with Crippen molar-refractivity contribution in [3.63, 3.8) is 0 Å². The van der Waals surface area contributed by atoms with Crippen LogP contribution >= 0.6 is 0 Å². The van der Waals surface area contributed by atoms with Gasteiger partial charge in [0, 0.05) is 50.9 Å². The first-order chi connectivity index (χ1) is 15.6. The van der Waals surface area contributed by atoms with Crippen molar-refractivity contribution in [2.45, 2.75) is 43.2 Å². The average molecular weight is 482 g/mol. The number of likely N-dealkylation sites (N-methyl/N-ethyl adjacent to an activating group) is 1. The average Bonchev–Trinajstić information content (AvgIpc) is 3.18. The number of rotatable bonds is 8. The number of nitrogens with one attached hydrogen (secondary N) is 1. The quantitative estimate of drug-likeness (QED) is 0.393. The van der Waals surface area contributed by atoms with Crippen LogP contribution in [0, 0.1) is 6.92 Å². The standard InChI is InChI=1S/C21H31N5O6S/c1-14-16(26-9-4-7-18(26)28)5-3-6-17(14)33(31,32)23-19(20(22)29)21(30)25-11-10-24(2)15(13-25)8-12-27/h3,5-6,15,19,23,27H,4,7-13H2,1-2H3,(H2,22,29)/t15?,19-/m0/s1. The molecule has 2 aliphatic rings. The van der Waals surface area contributed by atoms with Gasteiger partial charge in [-0.2, -0.15) is 4.72 Å². The molecule has 1 unspecified atom stereocenters. The summed E-state index contributed by atoms with van der Waals surface area (Å²) in [6, 6.07) is 2.65. The highest BCUT2D eigenvalue weighted by atomic mass is 32.2. The molecular formula is C21H31N5O6S. The van der Waals surface area contributed by atoms with Gasteiger partial charge in [-0.25, -0.2) is 8.42 Å². The maximum absolute atomic E-state index is 13.2. The van der Waals surface area contributed by atoms with Crippen molar-refractivity contribution < 1.29 is 27.9 Å². The first-order valence-electron chi connectivity index (χ1n) is 10.9. The monoisotopic (exact) mass is 481 g/mol. The third kappa shape index (κ3) is 5.35. The smallest absolute Gasteiger partial charge is 0.250 e. The highest BCUT2D eigenvalue weighted by Gasteiger charge is 2.37. The van der Waals surface area contributed by atoms with Gasteiger partial charge >= 0.3 is 0 Å². The summed E-state index contributed by atoms with van der Waals surface area (Å²) in [4.78, 5) is 42.1. The van der Waals surface area contributed by atoms with E-state index in [4.69, 9.17) is 5.73 Å². The zero-order valence-electron chi connectivity index (χ0n) is 18.9. The minimum absolute atomic E-state index is 0.0575. The zero-order chi connectivity index (χ0) is 24.3. The number of hydrogen-bond donors (Lipinski definition) is 3. The van der Waals surface area contributed by atoms with E-state index in [0.29, 0.717) is 50.1 Å². The van der Waals surface area contributed by atoms with Crippen LogP contribution in [0.2, 0.25) is 0 Å². The van der Waals surface area contributed by atoms with E-state index in [0.717, 1.165) is 0 Å². The largest absolute Gasteiger partial charge is 0.396 e. The number of nitrogens with two attached hydrogens (primary N) is 1. The lowest BCUT2D eigenvalue weighted by Crippen LogP contribution is -2.60. The summed E-state index contributed by atoms with van der Waals surface area (Å²) >= 11 is 0. The lowest BCUT2D eigenvalue weighted by atomic mass is 10.1. The Morgan fingerprint density at radius 1 is 1.27 bits per heavy atom. The molecule has 1 aromatic carbocycles. The fourth-order valence-corrected chi connectivity index (χ4v) is 5.75. The van der Waals surface area contributed by atoms with Gasteiger partial charge in [-0.3, -0.25) is 19.3 Å². The highest BCUT2D eigenvalue weighted by molar-refractivity contribution is 7.89. The second-order valence-electron chi connectivity index (χ2n) is 8.44. The van der Waals surface area contributed by atoms with E-state index in [1.165, 1.54) is 21.9 Å². The minimum Gasteiger partial charge on any atom is -0.396 e. The van der Waals surface area contributed by atoms with Crippen molar-refractivity contribution in [3.05, 3.63) is 23.8 Å². The number of amides is 3. The Morgan fingerprint density at radius 3 is 2.61 bits per heavy atom. The number of nitrogens with zero attached hydrogens (tertiary/aromatic N) is 3. The van der Waals surface area contributed by atoms with Gasteiger partial charge in [0.1, 0.15) is 0 Å². The molecule has 3 rings (SSSR count). The Balaban J connectivity index is 1.84. The molecule has 0 saturated carbocycles. The molecule has 33 heavy (non-hydrogen) atoms. The molecule has 0 aliphatic carbocycles. The molecule has 2 saturated heterocycles. The van der Waals surface area contributed by atoms with Gasteiger partial charge in [-0.15, -0.1) is 0 Å². The number of hydrogen-bond acceptors (Lipinski definition) is 7. The summed E-state index contributed by atoms with van der Waals surface area (Å²) < 4.78 is 28.6. The number of aliphatic hydroxyl groups is 1. The van der Waals surface area contributed by atoms with Crippen LogP contribution in [0.1, 0.15) is 24.8 Å². The molecule has 2 aliphatic heterocycles. The Labute approximate surface area is 193 Å². The molecule has 1 aromatic rings. The van der Waals surface area contributed by atoms with Gasteiger partial charge in [0.15, 0.2) is 6.04 Å². The van der Waals surface area contributed by atoms with Gasteiger partial charge in [0.05, 0.1) is 4.90 Å². The Morgan fingerprint density at radius 2 is 2.00 bits per heavy atom. The van der Waals surface area contributed by atoms with Crippen LogP contribution in [0.15, 0.2) is 23.1 Å². The molecule has 0 bridgehead atoms. The molecule has 2 atom stereocenters. The number of piperazine rings is 1. The number of benzene rings is 1. The molecule has 3 amide bonds. The van der Waals surface area contributed by atoms with E-state index < -0.39 is 27.9 Å². The lowest BCUT2D eigenvalue weighted by Gasteiger charge is -2.40. The van der Waals surface area contributed by atoms with Crippen molar-refractivity contribution in [3.8, 4) is 0 Å². The fraction of sp³-hybridized carbons (Fsp3) is 0.571. The van der Waals surface area contributed by atoms with Crippen LogP contribution in [0.5, 0.6) is 0 Å². The maximum Gasteiger partial charge on any atom is 0.250 e. The Hall–Kier alpha value is -2.54. The fourth-order valence-electron chi connectivity index (χ4n) is 4.33. The van der Waals surface area contributed by atoms with Gasteiger partial charge in [-0.1, -0.05) is 6.07 Å². The lowest BCUT2D eigenvalue weighted by molar-refractivity contribution is -0.140. The third-order valence-corrected chi connectivity index (χ3v) is 7.83. The van der Waals surface area contributed by atoms with E-state index >= 15 is 0 Å². The van der Waals surface area contributed by atoms with Crippen LogP contribution in [0.25, 0.3) is 0 Å². The van der Waals surface area contributed by atoms with Crippen molar-refractivity contribution in [2.24, 2.45) is 5.73 Å². The zero-order valence-corrected chi connectivity index (χ0v) is 19.7. The predicted molar refractivity (Wildman–Crippen MR) is 121 cm³/mol. The molecule has 2 heterocycles. The maximum atomic E-state index is 13.2. The predicted octanol–water partition coefficient (Wildman–Crippen LogP) is -1.22. The second kappa shape index (κ2) is 10.2. The van der Waals surface area contributed by atoms with Crippen molar-refractivity contribution in [2.75, 3.05) is 44.7 Å². The number of aliphatic hydroxyl groups excluding tert-OH is 1. The summed E-state index contributed by atoms with van der Waals surface area (Å²) in [7, 11) is -2.44. The van der Waals surface area contributed by atoms with Crippen LogP contribution in [-0.4, -0.2) is 93.0 Å². The van der Waals surface area contributed by atoms with Crippen molar-refractivity contribution in [1.29, 1.82) is 0 Å². The molecule has 11 nitrogen and oxygen atoms in total. The Kier molecular flexibility index (Phi) is 7.73. The Bertz CT molecular complexity index is 1030. The van der Waals surface area contributed by atoms with Crippen molar-refractivity contribution >= 4 is 33.4 Å². The van der Waals surface area contributed by atoms with Gasteiger partial charge in [0.2, 0.25) is 21.8 Å². The summed E-state index contributed by atoms with van der Waals surface area (Å²) in [6.45, 7) is 3.08. The number of carbonyl (C=O) groups is 3. The van der Waals surface area contributed by atoms with Crippen LogP contribution < -0.4 is 15.4 Å². The molecular weight excluding hydrogens is 450 g/mol. The van der Waals surface area contributed by atoms with Crippen LogP contribution in [-0.2, 0) is 24.4 Å². The van der Waals surface area contributed by atoms with Crippen molar-refractivity contribution in [1.82, 2.24) is 14.5 Å². The molecule has 0 radical (unpaired) electrons. The van der Waals surface area contributed by atoms with E-state index in [1.54, 1.807) is 13.0 Å². The molecule has 4 N–H and O–H groups in total. The summed E-state index contributed by atoms with van der Waals surface area (Å²) in [5.41, 5.74) is 6.24. The highest BCUT2D eigenvalue weighted by Crippen LogP contribution is 2.29. The van der Waals surface area contributed by atoms with Gasteiger partial charge < -0.3 is 20.6 Å². The summed E-state index contributed by atoms with van der Waals surface area (Å²) in [5, 5.41) is 9.26. The summed E-state index contributed by atoms with van der Waals surface area (Å²) in [6.07, 6.45) is 1.53. The second-order valence-corrected chi connectivity index (χ2v) is 10.1. The summed E-state index contributed by atoms with van der Waals surface area (Å²) in [5.74, 6) is -1.92. The van der Waals surface area contributed by atoms with Crippen LogP contribution in [0.4, 0.5) is 5.69 Å². The number of primary amides is 1. The normalized spacial score (nSPS) is 20.8. The van der Waals surface area contributed by atoms with Crippen LogP contribution in [0.3, 0.4) is 0 Å². The number of carbonyl (C=O) groups excluding carboxylic acids is 3. The molecule has 2 fully saturated rings. The van der Waals surface area contributed by atoms with E-state index in [1.807, 2.05) is 11.9 Å². The molecule has 182 valence electrons.